The highest BCUT2D eigenvalue weighted by Crippen LogP contribution is 2.25. The number of aromatic nitrogens is 2. The lowest BCUT2D eigenvalue weighted by Crippen LogP contribution is -2.16. The Morgan fingerprint density at radius 2 is 1.82 bits per heavy atom. The number of ether oxygens (including phenoxy) is 1. The highest BCUT2D eigenvalue weighted by Gasteiger charge is 2.13. The van der Waals surface area contributed by atoms with Crippen molar-refractivity contribution in [2.75, 3.05) is 10.6 Å². The van der Waals surface area contributed by atoms with E-state index in [0.29, 0.717) is 11.4 Å². The molecule has 3 aromatic rings. The van der Waals surface area contributed by atoms with Gasteiger partial charge in [-0.1, -0.05) is 12.1 Å². The van der Waals surface area contributed by atoms with Gasteiger partial charge in [0.15, 0.2) is 0 Å². The first kappa shape index (κ1) is 19.2. The van der Waals surface area contributed by atoms with Crippen LogP contribution in [-0.2, 0) is 0 Å². The number of amides is 1. The molecular weight excluding hydrogens is 366 g/mol. The van der Waals surface area contributed by atoms with E-state index in [1.54, 1.807) is 24.3 Å². The molecule has 0 aliphatic rings. The number of hydrogen-bond donors (Lipinski definition) is 2. The zero-order chi connectivity index (χ0) is 20.1. The van der Waals surface area contributed by atoms with Gasteiger partial charge in [-0.2, -0.15) is 0 Å². The van der Waals surface area contributed by atoms with Crippen LogP contribution in [0, 0.1) is 11.6 Å². The van der Waals surface area contributed by atoms with E-state index in [1.807, 2.05) is 13.8 Å². The lowest BCUT2D eigenvalue weighted by Gasteiger charge is -2.14. The molecule has 0 saturated carbocycles. The quantitative estimate of drug-likeness (QED) is 0.653. The monoisotopic (exact) mass is 384 g/mol. The number of rotatable bonds is 6. The number of hydrogen-bond acceptors (Lipinski definition) is 5. The molecule has 6 nitrogen and oxygen atoms in total. The molecule has 0 saturated heterocycles. The second kappa shape index (κ2) is 8.43. The van der Waals surface area contributed by atoms with Crippen LogP contribution in [0.1, 0.15) is 24.3 Å². The largest absolute Gasteiger partial charge is 0.489 e. The summed E-state index contributed by atoms with van der Waals surface area (Å²) in [4.78, 5) is 20.5. The SMILES string of the molecule is CC(C)Oc1ccccc1NC(=O)c1cc(Nc2ccc(F)cc2F)ncn1. The van der Waals surface area contributed by atoms with Gasteiger partial charge in [-0.25, -0.2) is 18.7 Å². The van der Waals surface area contributed by atoms with E-state index in [1.165, 1.54) is 18.5 Å². The van der Waals surface area contributed by atoms with E-state index in [0.717, 1.165) is 12.1 Å². The standard InChI is InChI=1S/C20H18F2N4O2/c1-12(2)28-18-6-4-3-5-16(18)26-20(27)17-10-19(24-11-23-17)25-15-8-7-13(21)9-14(15)22/h3-12H,1-2H3,(H,26,27)(H,23,24,25). The maximum atomic E-state index is 13.8. The Morgan fingerprint density at radius 3 is 2.57 bits per heavy atom. The van der Waals surface area contributed by atoms with Crippen molar-refractivity contribution in [2.24, 2.45) is 0 Å². The molecule has 0 fully saturated rings. The molecule has 0 bridgehead atoms. The lowest BCUT2D eigenvalue weighted by molar-refractivity contribution is 0.102. The molecule has 28 heavy (non-hydrogen) atoms. The summed E-state index contributed by atoms with van der Waals surface area (Å²) in [6.07, 6.45) is 1.12. The Hall–Kier alpha value is -3.55. The summed E-state index contributed by atoms with van der Waals surface area (Å²) < 4.78 is 32.5. The van der Waals surface area contributed by atoms with Crippen molar-refractivity contribution in [1.82, 2.24) is 9.97 Å². The van der Waals surface area contributed by atoms with Crippen LogP contribution in [0.15, 0.2) is 54.9 Å². The van der Waals surface area contributed by atoms with Gasteiger partial charge >= 0.3 is 0 Å². The van der Waals surface area contributed by atoms with Crippen LogP contribution in [-0.4, -0.2) is 22.0 Å². The average Bonchev–Trinajstić information content (AvgIpc) is 2.65. The van der Waals surface area contributed by atoms with E-state index in [-0.39, 0.29) is 23.3 Å². The minimum absolute atomic E-state index is 0.0298. The van der Waals surface area contributed by atoms with Gasteiger partial charge in [0.1, 0.15) is 35.2 Å². The maximum Gasteiger partial charge on any atom is 0.274 e. The first-order valence-electron chi connectivity index (χ1n) is 8.53. The minimum atomic E-state index is -0.774. The smallest absolute Gasteiger partial charge is 0.274 e. The molecule has 0 atom stereocenters. The number of para-hydroxylation sites is 2. The van der Waals surface area contributed by atoms with Crippen LogP contribution in [0.2, 0.25) is 0 Å². The first-order valence-corrected chi connectivity index (χ1v) is 8.53. The Labute approximate surface area is 160 Å². The molecule has 2 aromatic carbocycles. The summed E-state index contributed by atoms with van der Waals surface area (Å²) in [7, 11) is 0. The number of carbonyl (C=O) groups excluding carboxylic acids is 1. The van der Waals surface area contributed by atoms with Crippen molar-refractivity contribution in [1.29, 1.82) is 0 Å². The van der Waals surface area contributed by atoms with Gasteiger partial charge in [0.25, 0.3) is 5.91 Å². The topological polar surface area (TPSA) is 76.1 Å². The van der Waals surface area contributed by atoms with E-state index >= 15 is 0 Å². The van der Waals surface area contributed by atoms with Crippen molar-refractivity contribution in [3.05, 3.63) is 72.2 Å². The summed E-state index contributed by atoms with van der Waals surface area (Å²) in [5, 5.41) is 5.44. The van der Waals surface area contributed by atoms with Crippen molar-refractivity contribution in [2.45, 2.75) is 20.0 Å². The van der Waals surface area contributed by atoms with Crippen LogP contribution in [0.25, 0.3) is 0 Å². The highest BCUT2D eigenvalue weighted by atomic mass is 19.1. The van der Waals surface area contributed by atoms with Crippen molar-refractivity contribution < 1.29 is 18.3 Å². The van der Waals surface area contributed by atoms with Crippen LogP contribution < -0.4 is 15.4 Å². The Morgan fingerprint density at radius 1 is 1.04 bits per heavy atom. The Balaban J connectivity index is 1.78. The van der Waals surface area contributed by atoms with Crippen LogP contribution in [0.4, 0.5) is 26.0 Å². The number of anilines is 3. The molecule has 8 heteroatoms. The van der Waals surface area contributed by atoms with Crippen LogP contribution >= 0.6 is 0 Å². The number of carbonyl (C=O) groups is 1. The third-order valence-corrected chi connectivity index (χ3v) is 3.59. The van der Waals surface area contributed by atoms with Gasteiger partial charge in [-0.15, -0.1) is 0 Å². The predicted octanol–water partition coefficient (Wildman–Crippen LogP) is 4.54. The zero-order valence-corrected chi connectivity index (χ0v) is 15.2. The van der Waals surface area contributed by atoms with Gasteiger partial charge in [0, 0.05) is 12.1 Å². The average molecular weight is 384 g/mol. The number of nitrogens with zero attached hydrogens (tertiary/aromatic N) is 2. The molecule has 0 unspecified atom stereocenters. The summed E-state index contributed by atoms with van der Waals surface area (Å²) in [5.41, 5.74) is 0.598. The fourth-order valence-electron chi connectivity index (χ4n) is 2.39. The molecule has 0 aliphatic carbocycles. The Kier molecular flexibility index (Phi) is 5.78. The van der Waals surface area contributed by atoms with Gasteiger partial charge in [-0.3, -0.25) is 4.79 Å². The molecule has 3 rings (SSSR count). The molecule has 1 heterocycles. The fourth-order valence-corrected chi connectivity index (χ4v) is 2.39. The van der Waals surface area contributed by atoms with Gasteiger partial charge in [0.2, 0.25) is 0 Å². The zero-order valence-electron chi connectivity index (χ0n) is 15.2. The van der Waals surface area contributed by atoms with Crippen molar-refractivity contribution in [3.63, 3.8) is 0 Å². The first-order chi connectivity index (χ1) is 13.4. The summed E-state index contributed by atoms with van der Waals surface area (Å²) in [5.74, 6) is -1.22. The van der Waals surface area contributed by atoms with Gasteiger partial charge in [0.05, 0.1) is 17.5 Å². The van der Waals surface area contributed by atoms with Crippen LogP contribution in [0.5, 0.6) is 5.75 Å². The number of halogens is 2. The molecule has 2 N–H and O–H groups in total. The number of nitrogens with one attached hydrogen (secondary N) is 2. The predicted molar refractivity (Wildman–Crippen MR) is 102 cm³/mol. The second-order valence-corrected chi connectivity index (χ2v) is 6.15. The molecule has 0 aliphatic heterocycles. The summed E-state index contributed by atoms with van der Waals surface area (Å²) in [6, 6.07) is 11.5. The third-order valence-electron chi connectivity index (χ3n) is 3.59. The normalized spacial score (nSPS) is 10.6. The van der Waals surface area contributed by atoms with Crippen molar-refractivity contribution in [3.8, 4) is 5.75 Å². The Bertz CT molecular complexity index is 995. The van der Waals surface area contributed by atoms with E-state index in [2.05, 4.69) is 20.6 Å². The lowest BCUT2D eigenvalue weighted by atomic mass is 10.2. The minimum Gasteiger partial charge on any atom is -0.489 e. The van der Waals surface area contributed by atoms with Crippen LogP contribution in [0.3, 0.4) is 0 Å². The molecule has 1 amide bonds. The molecule has 1 aromatic heterocycles. The van der Waals surface area contributed by atoms with E-state index in [4.69, 9.17) is 4.74 Å². The maximum absolute atomic E-state index is 13.8. The highest BCUT2D eigenvalue weighted by molar-refractivity contribution is 6.04. The molecule has 144 valence electrons. The summed E-state index contributed by atoms with van der Waals surface area (Å²) >= 11 is 0. The number of benzene rings is 2. The summed E-state index contributed by atoms with van der Waals surface area (Å²) in [6.45, 7) is 3.77. The molecular formula is C20H18F2N4O2. The fraction of sp³-hybridized carbons (Fsp3) is 0.150. The molecule has 0 radical (unpaired) electrons. The van der Waals surface area contributed by atoms with E-state index in [9.17, 15) is 13.6 Å². The van der Waals surface area contributed by atoms with Gasteiger partial charge < -0.3 is 15.4 Å². The van der Waals surface area contributed by atoms with Gasteiger partial charge in [-0.05, 0) is 38.1 Å². The second-order valence-electron chi connectivity index (χ2n) is 6.15. The molecule has 0 spiro atoms. The third kappa shape index (κ3) is 4.79. The van der Waals surface area contributed by atoms with E-state index < -0.39 is 17.5 Å². The van der Waals surface area contributed by atoms with Crippen molar-refractivity contribution >= 4 is 23.1 Å².